The van der Waals surface area contributed by atoms with Crippen molar-refractivity contribution in [2.45, 2.75) is 25.9 Å². The van der Waals surface area contributed by atoms with Crippen LogP contribution in [0.25, 0.3) is 0 Å². The molecular formula is C24H22Cl2N2O3. The Balaban J connectivity index is 1.54. The summed E-state index contributed by atoms with van der Waals surface area (Å²) in [7, 11) is 0. The number of carbonyl (C=O) groups excluding carboxylic acids is 2. The van der Waals surface area contributed by atoms with Gasteiger partial charge in [0.2, 0.25) is 5.91 Å². The van der Waals surface area contributed by atoms with Crippen molar-refractivity contribution in [3.05, 3.63) is 88.4 Å². The Hall–Kier alpha value is -3.02. The molecule has 0 aliphatic carbocycles. The maximum atomic E-state index is 12.5. The Labute approximate surface area is 191 Å². The van der Waals surface area contributed by atoms with Crippen molar-refractivity contribution in [3.8, 4) is 5.75 Å². The van der Waals surface area contributed by atoms with Crippen LogP contribution in [-0.2, 0) is 16.0 Å². The van der Waals surface area contributed by atoms with Crippen molar-refractivity contribution in [1.82, 2.24) is 0 Å². The Morgan fingerprint density at radius 1 is 0.903 bits per heavy atom. The lowest BCUT2D eigenvalue weighted by Gasteiger charge is -2.16. The molecule has 0 spiro atoms. The van der Waals surface area contributed by atoms with Gasteiger partial charge >= 0.3 is 0 Å². The lowest BCUT2D eigenvalue weighted by molar-refractivity contribution is -0.122. The van der Waals surface area contributed by atoms with E-state index < -0.39 is 6.10 Å². The average molecular weight is 457 g/mol. The number of hydrogen-bond acceptors (Lipinski definition) is 3. The molecule has 0 aliphatic heterocycles. The molecule has 3 rings (SSSR count). The van der Waals surface area contributed by atoms with Gasteiger partial charge in [0.25, 0.3) is 5.91 Å². The van der Waals surface area contributed by atoms with Gasteiger partial charge in [0.15, 0.2) is 6.10 Å². The molecule has 2 N–H and O–H groups in total. The second-order valence-corrected chi connectivity index (χ2v) is 7.78. The number of carbonyl (C=O) groups is 2. The molecule has 1 atom stereocenters. The van der Waals surface area contributed by atoms with E-state index in [1.807, 2.05) is 30.3 Å². The normalized spacial score (nSPS) is 11.5. The zero-order valence-corrected chi connectivity index (χ0v) is 18.4. The summed E-state index contributed by atoms with van der Waals surface area (Å²) in [6, 6.07) is 21.6. The molecule has 3 aromatic carbocycles. The summed E-state index contributed by atoms with van der Waals surface area (Å²) in [5.74, 6) is -0.0758. The third kappa shape index (κ3) is 7.02. The molecule has 7 heteroatoms. The van der Waals surface area contributed by atoms with Crippen LogP contribution in [0, 0.1) is 0 Å². The molecule has 0 fully saturated rings. The number of anilines is 2. The SMILES string of the molecule is CC(Oc1ccc(Cl)cc1Cl)C(=O)Nc1cccc(NC(=O)CCc2ccccc2)c1. The van der Waals surface area contributed by atoms with Crippen molar-refractivity contribution < 1.29 is 14.3 Å². The molecule has 0 bridgehead atoms. The van der Waals surface area contributed by atoms with Crippen molar-refractivity contribution in [2.75, 3.05) is 10.6 Å². The standard InChI is InChI=1S/C24H22Cl2N2O3/c1-16(31-22-12-11-18(25)14-21(22)26)24(30)28-20-9-5-8-19(15-20)27-23(29)13-10-17-6-3-2-4-7-17/h2-9,11-12,14-16H,10,13H2,1H3,(H,27,29)(H,28,30). The van der Waals surface area contributed by atoms with E-state index in [0.717, 1.165) is 5.56 Å². The summed E-state index contributed by atoms with van der Waals surface area (Å²) in [6.07, 6.45) is 0.237. The molecule has 5 nitrogen and oxygen atoms in total. The number of halogens is 2. The first-order valence-corrected chi connectivity index (χ1v) is 10.5. The van der Waals surface area contributed by atoms with Crippen LogP contribution in [0.2, 0.25) is 10.0 Å². The number of ether oxygens (including phenoxy) is 1. The van der Waals surface area contributed by atoms with Gasteiger partial charge in [0.1, 0.15) is 5.75 Å². The largest absolute Gasteiger partial charge is 0.479 e. The molecule has 31 heavy (non-hydrogen) atoms. The monoisotopic (exact) mass is 456 g/mol. The van der Waals surface area contributed by atoms with E-state index in [4.69, 9.17) is 27.9 Å². The van der Waals surface area contributed by atoms with E-state index >= 15 is 0 Å². The summed E-state index contributed by atoms with van der Waals surface area (Å²) in [6.45, 7) is 1.62. The van der Waals surface area contributed by atoms with E-state index in [2.05, 4.69) is 10.6 Å². The van der Waals surface area contributed by atoms with Crippen molar-refractivity contribution >= 4 is 46.4 Å². The first-order chi connectivity index (χ1) is 14.9. The lowest BCUT2D eigenvalue weighted by Crippen LogP contribution is -2.30. The minimum atomic E-state index is -0.789. The lowest BCUT2D eigenvalue weighted by atomic mass is 10.1. The first-order valence-electron chi connectivity index (χ1n) is 9.77. The van der Waals surface area contributed by atoms with Gasteiger partial charge in [0, 0.05) is 22.8 Å². The molecular weight excluding hydrogens is 435 g/mol. The number of hydrogen-bond donors (Lipinski definition) is 2. The highest BCUT2D eigenvalue weighted by Gasteiger charge is 2.17. The Bertz CT molecular complexity index is 1060. The van der Waals surface area contributed by atoms with E-state index in [1.165, 1.54) is 0 Å². The quantitative estimate of drug-likeness (QED) is 0.438. The molecule has 2 amide bonds. The van der Waals surface area contributed by atoms with Gasteiger partial charge in [0.05, 0.1) is 5.02 Å². The number of rotatable bonds is 8. The van der Waals surface area contributed by atoms with Crippen molar-refractivity contribution in [2.24, 2.45) is 0 Å². The fraction of sp³-hybridized carbons (Fsp3) is 0.167. The van der Waals surface area contributed by atoms with Crippen molar-refractivity contribution in [1.29, 1.82) is 0 Å². The predicted molar refractivity (Wildman–Crippen MR) is 125 cm³/mol. The second kappa shape index (κ2) is 10.8. The van der Waals surface area contributed by atoms with Crippen LogP contribution in [0.4, 0.5) is 11.4 Å². The highest BCUT2D eigenvalue weighted by Crippen LogP contribution is 2.28. The summed E-state index contributed by atoms with van der Waals surface area (Å²) in [5, 5.41) is 6.45. The smallest absolute Gasteiger partial charge is 0.265 e. The van der Waals surface area contributed by atoms with Crippen LogP contribution < -0.4 is 15.4 Å². The first kappa shape index (κ1) is 22.7. The van der Waals surface area contributed by atoms with E-state index in [9.17, 15) is 9.59 Å². The van der Waals surface area contributed by atoms with E-state index in [1.54, 1.807) is 49.4 Å². The predicted octanol–water partition coefficient (Wildman–Crippen LogP) is 5.97. The molecule has 0 saturated carbocycles. The highest BCUT2D eigenvalue weighted by molar-refractivity contribution is 6.35. The Kier molecular flexibility index (Phi) is 7.93. The minimum Gasteiger partial charge on any atom is -0.479 e. The Morgan fingerprint density at radius 3 is 2.32 bits per heavy atom. The van der Waals surface area contributed by atoms with E-state index in [-0.39, 0.29) is 11.8 Å². The van der Waals surface area contributed by atoms with Crippen LogP contribution in [0.15, 0.2) is 72.8 Å². The average Bonchev–Trinajstić information content (AvgIpc) is 2.75. The van der Waals surface area contributed by atoms with Crippen LogP contribution in [0.3, 0.4) is 0 Å². The highest BCUT2D eigenvalue weighted by atomic mass is 35.5. The third-order valence-electron chi connectivity index (χ3n) is 4.46. The molecule has 0 radical (unpaired) electrons. The van der Waals surface area contributed by atoms with Crippen LogP contribution in [-0.4, -0.2) is 17.9 Å². The van der Waals surface area contributed by atoms with Gasteiger partial charge in [-0.3, -0.25) is 9.59 Å². The van der Waals surface area contributed by atoms with Gasteiger partial charge in [-0.2, -0.15) is 0 Å². The minimum absolute atomic E-state index is 0.0959. The van der Waals surface area contributed by atoms with Crippen LogP contribution >= 0.6 is 23.2 Å². The zero-order valence-electron chi connectivity index (χ0n) is 16.9. The van der Waals surface area contributed by atoms with E-state index in [0.29, 0.717) is 40.0 Å². The van der Waals surface area contributed by atoms with Gasteiger partial charge in [-0.05, 0) is 55.3 Å². The van der Waals surface area contributed by atoms with Gasteiger partial charge in [-0.25, -0.2) is 0 Å². The maximum Gasteiger partial charge on any atom is 0.265 e. The Morgan fingerprint density at radius 2 is 1.61 bits per heavy atom. The topological polar surface area (TPSA) is 67.4 Å². The zero-order chi connectivity index (χ0) is 22.2. The molecule has 0 saturated heterocycles. The molecule has 0 heterocycles. The molecule has 0 aromatic heterocycles. The van der Waals surface area contributed by atoms with Crippen LogP contribution in [0.1, 0.15) is 18.9 Å². The molecule has 160 valence electrons. The number of aryl methyl sites for hydroxylation is 1. The molecule has 1 unspecified atom stereocenters. The number of amides is 2. The maximum absolute atomic E-state index is 12.5. The van der Waals surface area contributed by atoms with Crippen LogP contribution in [0.5, 0.6) is 5.75 Å². The van der Waals surface area contributed by atoms with Gasteiger partial charge in [-0.15, -0.1) is 0 Å². The molecule has 0 aliphatic rings. The number of nitrogens with one attached hydrogen (secondary N) is 2. The fourth-order valence-electron chi connectivity index (χ4n) is 2.86. The fourth-order valence-corrected chi connectivity index (χ4v) is 3.31. The summed E-state index contributed by atoms with van der Waals surface area (Å²) >= 11 is 12.0. The van der Waals surface area contributed by atoms with Gasteiger partial charge in [-0.1, -0.05) is 59.6 Å². The summed E-state index contributed by atoms with van der Waals surface area (Å²) < 4.78 is 5.63. The summed E-state index contributed by atoms with van der Waals surface area (Å²) in [5.41, 5.74) is 2.25. The third-order valence-corrected chi connectivity index (χ3v) is 4.99. The summed E-state index contributed by atoms with van der Waals surface area (Å²) in [4.78, 5) is 24.7. The van der Waals surface area contributed by atoms with Gasteiger partial charge < -0.3 is 15.4 Å². The second-order valence-electron chi connectivity index (χ2n) is 6.94. The number of benzene rings is 3. The van der Waals surface area contributed by atoms with Crippen molar-refractivity contribution in [3.63, 3.8) is 0 Å². The molecule has 3 aromatic rings.